The SMILES string of the molecule is CC[C@@H](Oc1ccccc1Cl)C(=O)NCc1nc(-c2cccc(C)c2)no1. The number of nitrogens with zero attached hydrogens (tertiary/aromatic N) is 2. The number of para-hydroxylation sites is 1. The van der Waals surface area contributed by atoms with Crippen molar-refractivity contribution in [2.75, 3.05) is 0 Å². The molecule has 0 aliphatic rings. The maximum Gasteiger partial charge on any atom is 0.261 e. The number of amides is 1. The van der Waals surface area contributed by atoms with E-state index in [0.717, 1.165) is 11.1 Å². The monoisotopic (exact) mass is 385 g/mol. The van der Waals surface area contributed by atoms with Crippen LogP contribution in [0.1, 0.15) is 24.8 Å². The van der Waals surface area contributed by atoms with E-state index < -0.39 is 6.10 Å². The van der Waals surface area contributed by atoms with Gasteiger partial charge in [0.15, 0.2) is 6.10 Å². The fourth-order valence-electron chi connectivity index (χ4n) is 2.52. The molecule has 0 aliphatic carbocycles. The molecule has 0 saturated heterocycles. The van der Waals surface area contributed by atoms with E-state index in [1.165, 1.54) is 0 Å². The largest absolute Gasteiger partial charge is 0.479 e. The van der Waals surface area contributed by atoms with Crippen LogP contribution in [0.4, 0.5) is 0 Å². The Bertz CT molecular complexity index is 926. The maximum atomic E-state index is 12.4. The molecule has 1 atom stereocenters. The summed E-state index contributed by atoms with van der Waals surface area (Å²) in [5, 5.41) is 7.19. The number of rotatable bonds is 7. The van der Waals surface area contributed by atoms with Crippen LogP contribution in [0.2, 0.25) is 5.02 Å². The van der Waals surface area contributed by atoms with Crippen LogP contribution in [-0.4, -0.2) is 22.2 Å². The minimum atomic E-state index is -0.663. The number of ether oxygens (including phenoxy) is 1. The van der Waals surface area contributed by atoms with Crippen LogP contribution in [-0.2, 0) is 11.3 Å². The van der Waals surface area contributed by atoms with E-state index in [2.05, 4.69) is 15.5 Å². The molecular weight excluding hydrogens is 366 g/mol. The molecule has 27 heavy (non-hydrogen) atoms. The smallest absolute Gasteiger partial charge is 0.261 e. The molecule has 3 aromatic rings. The van der Waals surface area contributed by atoms with Gasteiger partial charge in [-0.1, -0.05) is 59.6 Å². The highest BCUT2D eigenvalue weighted by Crippen LogP contribution is 2.25. The van der Waals surface area contributed by atoms with Gasteiger partial charge in [0.05, 0.1) is 11.6 Å². The summed E-state index contributed by atoms with van der Waals surface area (Å²) in [5.74, 6) is 1.02. The third kappa shape index (κ3) is 4.86. The van der Waals surface area contributed by atoms with Crippen LogP contribution in [0, 0.1) is 6.92 Å². The lowest BCUT2D eigenvalue weighted by atomic mass is 10.1. The summed E-state index contributed by atoms with van der Waals surface area (Å²) in [6.07, 6.45) is -0.167. The van der Waals surface area contributed by atoms with E-state index in [0.29, 0.717) is 28.9 Å². The van der Waals surface area contributed by atoms with Crippen molar-refractivity contribution >= 4 is 17.5 Å². The average Bonchev–Trinajstić information content (AvgIpc) is 3.14. The zero-order valence-corrected chi connectivity index (χ0v) is 15.9. The van der Waals surface area contributed by atoms with Crippen molar-refractivity contribution in [3.8, 4) is 17.1 Å². The van der Waals surface area contributed by atoms with E-state index in [9.17, 15) is 4.79 Å². The van der Waals surface area contributed by atoms with Crippen LogP contribution in [0.25, 0.3) is 11.4 Å². The van der Waals surface area contributed by atoms with Crippen LogP contribution in [0.3, 0.4) is 0 Å². The van der Waals surface area contributed by atoms with Crippen molar-refractivity contribution in [3.05, 3.63) is 65.0 Å². The second kappa shape index (κ2) is 8.68. The van der Waals surface area contributed by atoms with Crippen LogP contribution < -0.4 is 10.1 Å². The third-order valence-corrected chi connectivity index (χ3v) is 4.24. The summed E-state index contributed by atoms with van der Waals surface area (Å²) in [6, 6.07) is 14.9. The lowest BCUT2D eigenvalue weighted by molar-refractivity contribution is -0.128. The molecule has 3 rings (SSSR count). The maximum absolute atomic E-state index is 12.4. The Labute approximate surface area is 162 Å². The molecular formula is C20H20ClN3O3. The van der Waals surface area contributed by atoms with Gasteiger partial charge in [0, 0.05) is 5.56 Å². The molecule has 0 radical (unpaired) electrons. The molecule has 1 aromatic heterocycles. The van der Waals surface area contributed by atoms with Gasteiger partial charge in [-0.15, -0.1) is 0 Å². The molecule has 6 nitrogen and oxygen atoms in total. The van der Waals surface area contributed by atoms with Crippen molar-refractivity contribution in [2.24, 2.45) is 0 Å². The van der Waals surface area contributed by atoms with E-state index in [1.807, 2.05) is 38.1 Å². The molecule has 1 amide bonds. The van der Waals surface area contributed by atoms with E-state index in [-0.39, 0.29) is 12.5 Å². The van der Waals surface area contributed by atoms with Crippen LogP contribution in [0.15, 0.2) is 53.1 Å². The highest BCUT2D eigenvalue weighted by atomic mass is 35.5. The van der Waals surface area contributed by atoms with E-state index in [1.54, 1.807) is 24.3 Å². The molecule has 140 valence electrons. The van der Waals surface area contributed by atoms with E-state index >= 15 is 0 Å². The predicted octanol–water partition coefficient (Wildman–Crippen LogP) is 4.17. The lowest BCUT2D eigenvalue weighted by Crippen LogP contribution is -2.37. The molecule has 0 bridgehead atoms. The second-order valence-corrected chi connectivity index (χ2v) is 6.45. The number of nitrogens with one attached hydrogen (secondary N) is 1. The zero-order chi connectivity index (χ0) is 19.2. The summed E-state index contributed by atoms with van der Waals surface area (Å²) in [5.41, 5.74) is 1.97. The predicted molar refractivity (Wildman–Crippen MR) is 102 cm³/mol. The number of hydrogen-bond acceptors (Lipinski definition) is 5. The first-order valence-corrected chi connectivity index (χ1v) is 9.03. The van der Waals surface area contributed by atoms with Gasteiger partial charge in [-0.05, 0) is 31.5 Å². The summed E-state index contributed by atoms with van der Waals surface area (Å²) in [4.78, 5) is 16.7. The summed E-state index contributed by atoms with van der Waals surface area (Å²) in [6.45, 7) is 3.98. The normalized spacial score (nSPS) is 11.8. The lowest BCUT2D eigenvalue weighted by Gasteiger charge is -2.17. The van der Waals surface area contributed by atoms with Crippen LogP contribution >= 0.6 is 11.6 Å². The first kappa shape index (κ1) is 18.9. The van der Waals surface area contributed by atoms with Crippen LogP contribution in [0.5, 0.6) is 5.75 Å². The van der Waals surface area contributed by atoms with Gasteiger partial charge < -0.3 is 14.6 Å². The quantitative estimate of drug-likeness (QED) is 0.660. The molecule has 1 N–H and O–H groups in total. The number of carbonyl (C=O) groups excluding carboxylic acids is 1. The number of aromatic nitrogens is 2. The Morgan fingerprint density at radius 3 is 2.81 bits per heavy atom. The Morgan fingerprint density at radius 1 is 1.26 bits per heavy atom. The van der Waals surface area contributed by atoms with Gasteiger partial charge in [-0.25, -0.2) is 0 Å². The third-order valence-electron chi connectivity index (χ3n) is 3.93. The van der Waals surface area contributed by atoms with Gasteiger partial charge in [0.25, 0.3) is 5.91 Å². The number of benzene rings is 2. The standard InChI is InChI=1S/C20H20ClN3O3/c1-3-16(26-17-10-5-4-9-15(17)21)20(25)22-12-18-23-19(24-27-18)14-8-6-7-13(2)11-14/h4-11,16H,3,12H2,1-2H3,(H,22,25)/t16-/m1/s1. The fraction of sp³-hybridized carbons (Fsp3) is 0.250. The topological polar surface area (TPSA) is 77.2 Å². The molecule has 0 saturated carbocycles. The molecule has 1 heterocycles. The highest BCUT2D eigenvalue weighted by Gasteiger charge is 2.20. The first-order valence-electron chi connectivity index (χ1n) is 8.65. The van der Waals surface area contributed by atoms with Crippen molar-refractivity contribution in [3.63, 3.8) is 0 Å². The van der Waals surface area contributed by atoms with Crippen molar-refractivity contribution in [2.45, 2.75) is 32.9 Å². The molecule has 2 aromatic carbocycles. The Balaban J connectivity index is 1.60. The van der Waals surface area contributed by atoms with Crippen molar-refractivity contribution in [1.29, 1.82) is 0 Å². The summed E-state index contributed by atoms with van der Waals surface area (Å²) < 4.78 is 10.9. The Morgan fingerprint density at radius 2 is 2.07 bits per heavy atom. The van der Waals surface area contributed by atoms with Gasteiger partial charge in [-0.2, -0.15) is 4.98 Å². The van der Waals surface area contributed by atoms with E-state index in [4.69, 9.17) is 20.9 Å². The minimum Gasteiger partial charge on any atom is -0.479 e. The van der Waals surface area contributed by atoms with Gasteiger partial charge in [0.1, 0.15) is 5.75 Å². The van der Waals surface area contributed by atoms with Crippen molar-refractivity contribution in [1.82, 2.24) is 15.5 Å². The molecule has 0 fully saturated rings. The number of carbonyl (C=O) groups is 1. The number of halogens is 1. The molecule has 0 aliphatic heterocycles. The van der Waals surface area contributed by atoms with Gasteiger partial charge in [0.2, 0.25) is 11.7 Å². The summed E-state index contributed by atoms with van der Waals surface area (Å²) in [7, 11) is 0. The fourth-order valence-corrected chi connectivity index (χ4v) is 2.70. The minimum absolute atomic E-state index is 0.125. The second-order valence-electron chi connectivity index (χ2n) is 6.04. The Hall–Kier alpha value is -2.86. The van der Waals surface area contributed by atoms with Gasteiger partial charge >= 0.3 is 0 Å². The number of aryl methyl sites for hydroxylation is 1. The summed E-state index contributed by atoms with van der Waals surface area (Å²) >= 11 is 6.09. The van der Waals surface area contributed by atoms with Gasteiger partial charge in [-0.3, -0.25) is 4.79 Å². The molecule has 0 spiro atoms. The highest BCUT2D eigenvalue weighted by molar-refractivity contribution is 6.32. The Kier molecular flexibility index (Phi) is 6.08. The molecule has 7 heteroatoms. The number of hydrogen-bond donors (Lipinski definition) is 1. The average molecular weight is 386 g/mol. The van der Waals surface area contributed by atoms with Crippen molar-refractivity contribution < 1.29 is 14.1 Å². The zero-order valence-electron chi connectivity index (χ0n) is 15.1. The first-order chi connectivity index (χ1) is 13.1. The molecule has 0 unspecified atom stereocenters.